The van der Waals surface area contributed by atoms with E-state index in [0.29, 0.717) is 10.9 Å². The first kappa shape index (κ1) is 14.7. The molecule has 3 rings (SSSR count). The van der Waals surface area contributed by atoms with Crippen molar-refractivity contribution in [3.05, 3.63) is 51.7 Å². The molecule has 3 nitrogen and oxygen atoms in total. The van der Waals surface area contributed by atoms with Crippen LogP contribution >= 0.6 is 39.1 Å². The van der Waals surface area contributed by atoms with Gasteiger partial charge in [0.1, 0.15) is 11.6 Å². The highest BCUT2D eigenvalue weighted by Crippen LogP contribution is 2.30. The van der Waals surface area contributed by atoms with E-state index in [1.165, 1.54) is 0 Å². The van der Waals surface area contributed by atoms with E-state index in [1.807, 2.05) is 41.0 Å². The van der Waals surface area contributed by atoms with Gasteiger partial charge in [0.25, 0.3) is 0 Å². The van der Waals surface area contributed by atoms with Crippen molar-refractivity contribution in [2.45, 2.75) is 5.88 Å². The summed E-state index contributed by atoms with van der Waals surface area (Å²) in [5.74, 6) is 1.86. The fourth-order valence-electron chi connectivity index (χ4n) is 2.24. The first-order valence-electron chi connectivity index (χ1n) is 6.21. The van der Waals surface area contributed by atoms with Gasteiger partial charge in [0.05, 0.1) is 29.0 Å². The van der Waals surface area contributed by atoms with Crippen molar-refractivity contribution >= 4 is 50.2 Å². The zero-order chi connectivity index (χ0) is 15.0. The topological polar surface area (TPSA) is 27.1 Å². The minimum absolute atomic E-state index is 0.317. The monoisotopic (exact) mass is 384 g/mol. The fourth-order valence-corrected chi connectivity index (χ4v) is 2.90. The number of rotatable bonds is 3. The zero-order valence-corrected chi connectivity index (χ0v) is 14.2. The maximum absolute atomic E-state index is 6.06. The van der Waals surface area contributed by atoms with Gasteiger partial charge in [-0.05, 0) is 46.3 Å². The van der Waals surface area contributed by atoms with Crippen molar-refractivity contribution in [1.29, 1.82) is 0 Å². The summed E-state index contributed by atoms with van der Waals surface area (Å²) in [7, 11) is 1.64. The number of fused-ring (bicyclic) bond motifs is 1. The molecule has 6 heteroatoms. The highest BCUT2D eigenvalue weighted by Gasteiger charge is 2.13. The highest BCUT2D eigenvalue weighted by molar-refractivity contribution is 9.10. The van der Waals surface area contributed by atoms with Crippen molar-refractivity contribution in [3.8, 4) is 11.4 Å². The Labute approximate surface area is 140 Å². The predicted molar refractivity (Wildman–Crippen MR) is 89.9 cm³/mol. The molecular formula is C15H11BrCl2N2O. The number of benzene rings is 2. The van der Waals surface area contributed by atoms with Crippen LogP contribution in [0.2, 0.25) is 5.02 Å². The second-order valence-corrected chi connectivity index (χ2v) is 5.98. The molecule has 0 unspecified atom stereocenters. The molecule has 21 heavy (non-hydrogen) atoms. The molecule has 108 valence electrons. The second kappa shape index (κ2) is 5.87. The molecular weight excluding hydrogens is 375 g/mol. The Balaban J connectivity index is 2.26. The molecule has 2 aromatic carbocycles. The van der Waals surface area contributed by atoms with E-state index in [9.17, 15) is 0 Å². The largest absolute Gasteiger partial charge is 0.497 e. The summed E-state index contributed by atoms with van der Waals surface area (Å²) in [6.45, 7) is 0. The molecule has 0 amide bonds. The predicted octanol–water partition coefficient (Wildman–Crippen LogP) is 5.19. The summed E-state index contributed by atoms with van der Waals surface area (Å²) in [6.07, 6.45) is 0. The van der Waals surface area contributed by atoms with Gasteiger partial charge in [-0.15, -0.1) is 11.6 Å². The Morgan fingerprint density at radius 3 is 2.71 bits per heavy atom. The van der Waals surface area contributed by atoms with Crippen LogP contribution in [-0.2, 0) is 5.88 Å². The summed E-state index contributed by atoms with van der Waals surface area (Å²) in [5, 5.41) is 0.664. The maximum atomic E-state index is 6.06. The summed E-state index contributed by atoms with van der Waals surface area (Å²) in [6, 6.07) is 11.5. The van der Waals surface area contributed by atoms with Crippen molar-refractivity contribution in [3.63, 3.8) is 0 Å². The van der Waals surface area contributed by atoms with Gasteiger partial charge in [-0.1, -0.05) is 11.6 Å². The van der Waals surface area contributed by atoms with Gasteiger partial charge in [-0.3, -0.25) is 4.57 Å². The van der Waals surface area contributed by atoms with Crippen LogP contribution in [0.25, 0.3) is 16.7 Å². The number of ether oxygens (including phenoxy) is 1. The molecule has 0 N–H and O–H groups in total. The average Bonchev–Trinajstić information content (AvgIpc) is 2.87. The lowest BCUT2D eigenvalue weighted by molar-refractivity contribution is 0.415. The van der Waals surface area contributed by atoms with Crippen LogP contribution in [-0.4, -0.2) is 16.7 Å². The highest BCUT2D eigenvalue weighted by atomic mass is 79.9. The Bertz CT molecular complexity index is 817. The number of hydrogen-bond donors (Lipinski definition) is 0. The van der Waals surface area contributed by atoms with Crippen molar-refractivity contribution in [1.82, 2.24) is 9.55 Å². The van der Waals surface area contributed by atoms with E-state index in [1.54, 1.807) is 7.11 Å². The van der Waals surface area contributed by atoms with E-state index in [-0.39, 0.29) is 0 Å². The van der Waals surface area contributed by atoms with Crippen LogP contribution in [0, 0.1) is 0 Å². The van der Waals surface area contributed by atoms with Gasteiger partial charge < -0.3 is 4.74 Å². The van der Waals surface area contributed by atoms with Crippen LogP contribution in [0.4, 0.5) is 0 Å². The third-order valence-electron chi connectivity index (χ3n) is 3.21. The minimum Gasteiger partial charge on any atom is -0.497 e. The van der Waals surface area contributed by atoms with E-state index in [0.717, 1.165) is 32.8 Å². The smallest absolute Gasteiger partial charge is 0.129 e. The number of nitrogens with zero attached hydrogens (tertiary/aromatic N) is 2. The van der Waals surface area contributed by atoms with Crippen LogP contribution in [0.5, 0.6) is 5.75 Å². The van der Waals surface area contributed by atoms with Gasteiger partial charge in [-0.2, -0.15) is 0 Å². The first-order valence-corrected chi connectivity index (χ1v) is 7.91. The molecule has 0 aliphatic carbocycles. The zero-order valence-electron chi connectivity index (χ0n) is 11.1. The summed E-state index contributed by atoms with van der Waals surface area (Å²) in [5.41, 5.74) is 2.77. The third-order valence-corrected chi connectivity index (χ3v) is 4.67. The Morgan fingerprint density at radius 1 is 1.24 bits per heavy atom. The Hall–Kier alpha value is -1.23. The van der Waals surface area contributed by atoms with Gasteiger partial charge in [0.15, 0.2) is 0 Å². The summed E-state index contributed by atoms with van der Waals surface area (Å²) in [4.78, 5) is 4.57. The lowest BCUT2D eigenvalue weighted by atomic mass is 10.2. The first-order chi connectivity index (χ1) is 10.1. The SMILES string of the molecule is COc1ccc2c(c1)nc(CCl)n2-c1ccc(Cl)c(Br)c1. The van der Waals surface area contributed by atoms with E-state index in [4.69, 9.17) is 27.9 Å². The Kier molecular flexibility index (Phi) is 4.11. The van der Waals surface area contributed by atoms with Crippen molar-refractivity contribution in [2.75, 3.05) is 7.11 Å². The van der Waals surface area contributed by atoms with E-state index >= 15 is 0 Å². The summed E-state index contributed by atoms with van der Waals surface area (Å²) >= 11 is 15.6. The van der Waals surface area contributed by atoms with Gasteiger partial charge in [0, 0.05) is 16.2 Å². The number of alkyl halides is 1. The lowest BCUT2D eigenvalue weighted by Gasteiger charge is -2.09. The van der Waals surface area contributed by atoms with Crippen molar-refractivity contribution < 1.29 is 4.74 Å². The molecule has 1 aromatic heterocycles. The average molecular weight is 386 g/mol. The lowest BCUT2D eigenvalue weighted by Crippen LogP contribution is -1.99. The molecule has 0 fully saturated rings. The number of imidazole rings is 1. The van der Waals surface area contributed by atoms with Gasteiger partial charge in [-0.25, -0.2) is 4.98 Å². The quantitative estimate of drug-likeness (QED) is 0.580. The second-order valence-electron chi connectivity index (χ2n) is 4.45. The van der Waals surface area contributed by atoms with Crippen LogP contribution < -0.4 is 4.74 Å². The summed E-state index contributed by atoms with van der Waals surface area (Å²) < 4.78 is 8.09. The molecule has 0 radical (unpaired) electrons. The molecule has 3 aromatic rings. The van der Waals surface area contributed by atoms with Crippen LogP contribution in [0.15, 0.2) is 40.9 Å². The van der Waals surface area contributed by atoms with Crippen LogP contribution in [0.3, 0.4) is 0 Å². The molecule has 0 aliphatic heterocycles. The molecule has 1 heterocycles. The number of hydrogen-bond acceptors (Lipinski definition) is 2. The minimum atomic E-state index is 0.317. The van der Waals surface area contributed by atoms with Gasteiger partial charge >= 0.3 is 0 Å². The molecule has 0 saturated heterocycles. The van der Waals surface area contributed by atoms with Crippen LogP contribution in [0.1, 0.15) is 5.82 Å². The standard InChI is InChI=1S/C15H11BrCl2N2O/c1-21-10-3-5-14-13(7-10)19-15(8-17)20(14)9-2-4-12(18)11(16)6-9/h2-7H,8H2,1H3. The van der Waals surface area contributed by atoms with Gasteiger partial charge in [0.2, 0.25) is 0 Å². The molecule has 0 aliphatic rings. The number of methoxy groups -OCH3 is 1. The molecule has 0 bridgehead atoms. The Morgan fingerprint density at radius 2 is 2.05 bits per heavy atom. The number of aromatic nitrogens is 2. The fraction of sp³-hybridized carbons (Fsp3) is 0.133. The maximum Gasteiger partial charge on any atom is 0.129 e. The van der Waals surface area contributed by atoms with Crippen molar-refractivity contribution in [2.24, 2.45) is 0 Å². The molecule has 0 spiro atoms. The number of halogens is 3. The molecule has 0 atom stereocenters. The van der Waals surface area contributed by atoms with E-state index in [2.05, 4.69) is 20.9 Å². The normalized spacial score (nSPS) is 11.0. The third kappa shape index (κ3) is 2.63. The van der Waals surface area contributed by atoms with E-state index < -0.39 is 0 Å². The molecule has 0 saturated carbocycles.